The molecule has 2 aliphatic rings. The lowest BCUT2D eigenvalue weighted by molar-refractivity contribution is 0.0202. The van der Waals surface area contributed by atoms with Gasteiger partial charge in [-0.3, -0.25) is 9.69 Å². The Kier molecular flexibility index (Phi) is 4.89. The van der Waals surface area contributed by atoms with Crippen LogP contribution in [-0.4, -0.2) is 45.2 Å². The average Bonchev–Trinajstić information content (AvgIpc) is 2.99. The Labute approximate surface area is 158 Å². The molecule has 0 spiro atoms. The molecule has 4 rings (SSSR count). The number of likely N-dealkylation sites (tertiary alicyclic amines) is 1. The second-order valence-corrected chi connectivity index (χ2v) is 7.76. The minimum atomic E-state index is -0.687. The number of rotatable bonds is 4. The number of fused-ring (bicyclic) bond motifs is 1. The lowest BCUT2D eigenvalue weighted by Crippen LogP contribution is -2.41. The molecule has 27 heavy (non-hydrogen) atoms. The molecule has 0 bridgehead atoms. The SMILES string of the molecule is O=C1c2cc(O)c(O)cc2CC1C(O)C1CCN(Cc2ccccc2)CC1. The monoisotopic (exact) mass is 367 g/mol. The summed E-state index contributed by atoms with van der Waals surface area (Å²) in [4.78, 5) is 15.1. The quantitative estimate of drug-likeness (QED) is 0.724. The van der Waals surface area contributed by atoms with Gasteiger partial charge in [0.2, 0.25) is 0 Å². The Bertz CT molecular complexity index is 828. The van der Waals surface area contributed by atoms with Gasteiger partial charge in [-0.05, 0) is 61.5 Å². The van der Waals surface area contributed by atoms with Gasteiger partial charge in [-0.1, -0.05) is 30.3 Å². The van der Waals surface area contributed by atoms with E-state index in [1.54, 1.807) is 0 Å². The van der Waals surface area contributed by atoms with E-state index in [1.165, 1.54) is 17.7 Å². The fourth-order valence-corrected chi connectivity index (χ4v) is 4.45. The van der Waals surface area contributed by atoms with Crippen LogP contribution in [0.2, 0.25) is 0 Å². The highest BCUT2D eigenvalue weighted by molar-refractivity contribution is 6.03. The normalized spacial score (nSPS) is 22.0. The number of aliphatic hydroxyl groups is 1. The van der Waals surface area contributed by atoms with Gasteiger partial charge < -0.3 is 15.3 Å². The van der Waals surface area contributed by atoms with Crippen molar-refractivity contribution in [1.29, 1.82) is 0 Å². The summed E-state index contributed by atoms with van der Waals surface area (Å²) >= 11 is 0. The molecule has 2 aromatic carbocycles. The van der Waals surface area contributed by atoms with Crippen LogP contribution in [0.4, 0.5) is 0 Å². The molecule has 2 aromatic rings. The second-order valence-electron chi connectivity index (χ2n) is 7.76. The first-order valence-electron chi connectivity index (χ1n) is 9.56. The zero-order chi connectivity index (χ0) is 19.0. The first-order valence-corrected chi connectivity index (χ1v) is 9.56. The number of nitrogens with zero attached hydrogens (tertiary/aromatic N) is 1. The Balaban J connectivity index is 1.37. The Morgan fingerprint density at radius 2 is 1.70 bits per heavy atom. The van der Waals surface area contributed by atoms with Crippen LogP contribution in [0.1, 0.15) is 34.3 Å². The van der Waals surface area contributed by atoms with E-state index in [-0.39, 0.29) is 23.2 Å². The zero-order valence-electron chi connectivity index (χ0n) is 15.2. The standard InChI is InChI=1S/C22H25NO4/c24-19-11-16-10-18(22(27)17(16)12-20(19)25)21(26)15-6-8-23(9-7-15)13-14-4-2-1-3-5-14/h1-5,11-12,15,18,21,24-26H,6-10,13H2. The molecule has 0 radical (unpaired) electrons. The summed E-state index contributed by atoms with van der Waals surface area (Å²) in [5.74, 6) is -1.01. The van der Waals surface area contributed by atoms with E-state index in [0.29, 0.717) is 17.5 Å². The van der Waals surface area contributed by atoms with Gasteiger partial charge in [-0.2, -0.15) is 0 Å². The van der Waals surface area contributed by atoms with E-state index >= 15 is 0 Å². The molecular formula is C22H25NO4. The highest BCUT2D eigenvalue weighted by atomic mass is 16.3. The maximum absolute atomic E-state index is 12.7. The van der Waals surface area contributed by atoms with Crippen LogP contribution in [0.25, 0.3) is 0 Å². The molecule has 1 aliphatic carbocycles. The summed E-state index contributed by atoms with van der Waals surface area (Å²) in [6.07, 6.45) is 1.47. The van der Waals surface area contributed by atoms with E-state index in [4.69, 9.17) is 0 Å². The lowest BCUT2D eigenvalue weighted by atomic mass is 9.82. The molecule has 0 amide bonds. The molecule has 1 saturated heterocycles. The van der Waals surface area contributed by atoms with Crippen molar-refractivity contribution in [2.24, 2.45) is 11.8 Å². The molecule has 2 atom stereocenters. The fraction of sp³-hybridized carbons (Fsp3) is 0.409. The number of carbonyl (C=O) groups excluding carboxylic acids is 1. The molecule has 3 N–H and O–H groups in total. The molecule has 1 heterocycles. The van der Waals surface area contributed by atoms with Gasteiger partial charge in [-0.15, -0.1) is 0 Å². The van der Waals surface area contributed by atoms with E-state index in [0.717, 1.165) is 32.5 Å². The van der Waals surface area contributed by atoms with Crippen LogP contribution >= 0.6 is 0 Å². The smallest absolute Gasteiger partial charge is 0.169 e. The largest absolute Gasteiger partial charge is 0.504 e. The molecule has 5 nitrogen and oxygen atoms in total. The van der Waals surface area contributed by atoms with Crippen molar-refractivity contribution >= 4 is 5.78 Å². The number of hydrogen-bond donors (Lipinski definition) is 3. The van der Waals surface area contributed by atoms with Crippen LogP contribution in [0.3, 0.4) is 0 Å². The van der Waals surface area contributed by atoms with Crippen molar-refractivity contribution < 1.29 is 20.1 Å². The van der Waals surface area contributed by atoms with Crippen LogP contribution in [0, 0.1) is 11.8 Å². The van der Waals surface area contributed by atoms with Crippen LogP contribution in [-0.2, 0) is 13.0 Å². The molecule has 2 unspecified atom stereocenters. The van der Waals surface area contributed by atoms with Gasteiger partial charge in [0.05, 0.1) is 12.0 Å². The maximum atomic E-state index is 12.7. The number of benzene rings is 2. The van der Waals surface area contributed by atoms with Crippen molar-refractivity contribution in [3.63, 3.8) is 0 Å². The van der Waals surface area contributed by atoms with E-state index in [1.807, 2.05) is 18.2 Å². The lowest BCUT2D eigenvalue weighted by Gasteiger charge is -2.35. The summed E-state index contributed by atoms with van der Waals surface area (Å²) in [5, 5.41) is 30.2. The number of phenols is 2. The maximum Gasteiger partial charge on any atom is 0.169 e. The predicted octanol–water partition coefficient (Wildman–Crippen LogP) is 2.73. The van der Waals surface area contributed by atoms with Gasteiger partial charge in [0.1, 0.15) is 0 Å². The molecule has 0 saturated carbocycles. The Hall–Kier alpha value is -2.37. The summed E-state index contributed by atoms with van der Waals surface area (Å²) in [5.41, 5.74) is 2.43. The summed E-state index contributed by atoms with van der Waals surface area (Å²) in [7, 11) is 0. The number of carbonyl (C=O) groups is 1. The number of aromatic hydroxyl groups is 2. The molecule has 5 heteroatoms. The summed E-state index contributed by atoms with van der Waals surface area (Å²) in [6, 6.07) is 13.1. The minimum absolute atomic E-state index is 0.0995. The minimum Gasteiger partial charge on any atom is -0.504 e. The number of piperidine rings is 1. The van der Waals surface area contributed by atoms with E-state index < -0.39 is 12.0 Å². The number of phenolic OH excluding ortho intramolecular Hbond substituents is 2. The fourth-order valence-electron chi connectivity index (χ4n) is 4.45. The Morgan fingerprint density at radius 3 is 2.41 bits per heavy atom. The molecular weight excluding hydrogens is 342 g/mol. The average molecular weight is 367 g/mol. The van der Waals surface area contributed by atoms with Gasteiger partial charge in [-0.25, -0.2) is 0 Å². The van der Waals surface area contributed by atoms with Crippen molar-refractivity contribution in [2.75, 3.05) is 13.1 Å². The molecule has 1 fully saturated rings. The van der Waals surface area contributed by atoms with Gasteiger partial charge in [0.25, 0.3) is 0 Å². The highest BCUT2D eigenvalue weighted by Crippen LogP contribution is 2.39. The van der Waals surface area contributed by atoms with Gasteiger partial charge >= 0.3 is 0 Å². The number of ketones is 1. The second kappa shape index (κ2) is 7.33. The predicted molar refractivity (Wildman–Crippen MR) is 102 cm³/mol. The number of hydrogen-bond acceptors (Lipinski definition) is 5. The molecule has 1 aliphatic heterocycles. The zero-order valence-corrected chi connectivity index (χ0v) is 15.2. The number of Topliss-reactive ketones (excluding diaryl/α,β-unsaturated/α-hetero) is 1. The Morgan fingerprint density at radius 1 is 1.04 bits per heavy atom. The highest BCUT2D eigenvalue weighted by Gasteiger charge is 2.40. The van der Waals surface area contributed by atoms with Gasteiger partial charge in [0, 0.05) is 12.1 Å². The number of aliphatic hydroxyl groups excluding tert-OH is 1. The van der Waals surface area contributed by atoms with Crippen molar-refractivity contribution in [3.8, 4) is 11.5 Å². The third-order valence-corrected chi connectivity index (χ3v) is 6.02. The summed E-state index contributed by atoms with van der Waals surface area (Å²) in [6.45, 7) is 2.73. The molecule has 142 valence electrons. The van der Waals surface area contributed by atoms with Gasteiger partial charge in [0.15, 0.2) is 17.3 Å². The first-order chi connectivity index (χ1) is 13.0. The molecule has 0 aromatic heterocycles. The van der Waals surface area contributed by atoms with E-state index in [2.05, 4.69) is 17.0 Å². The third-order valence-electron chi connectivity index (χ3n) is 6.02. The van der Waals surface area contributed by atoms with Crippen LogP contribution in [0.5, 0.6) is 11.5 Å². The van der Waals surface area contributed by atoms with Crippen molar-refractivity contribution in [2.45, 2.75) is 31.9 Å². The van der Waals surface area contributed by atoms with Crippen LogP contribution < -0.4 is 0 Å². The summed E-state index contributed by atoms with van der Waals surface area (Å²) < 4.78 is 0. The topological polar surface area (TPSA) is 81.0 Å². The van der Waals surface area contributed by atoms with Crippen molar-refractivity contribution in [1.82, 2.24) is 4.90 Å². The van der Waals surface area contributed by atoms with Crippen LogP contribution in [0.15, 0.2) is 42.5 Å². The first kappa shape index (κ1) is 18.0. The van der Waals surface area contributed by atoms with E-state index in [9.17, 15) is 20.1 Å². The third kappa shape index (κ3) is 3.57. The van der Waals surface area contributed by atoms with Crippen molar-refractivity contribution in [3.05, 3.63) is 59.2 Å².